The summed E-state index contributed by atoms with van der Waals surface area (Å²) in [6.07, 6.45) is 7.61. The number of hydrogen-bond acceptors (Lipinski definition) is 0. The van der Waals surface area contributed by atoms with E-state index in [-0.39, 0.29) is 0 Å². The van der Waals surface area contributed by atoms with Gasteiger partial charge in [-0.3, -0.25) is 0 Å². The van der Waals surface area contributed by atoms with E-state index in [0.29, 0.717) is 5.92 Å². The summed E-state index contributed by atoms with van der Waals surface area (Å²) >= 11 is 0. The summed E-state index contributed by atoms with van der Waals surface area (Å²) in [6.45, 7) is 2.26. The van der Waals surface area contributed by atoms with Gasteiger partial charge in [0.2, 0.25) is 5.52 Å². The molecule has 0 bridgehead atoms. The molecule has 7 rings (SSSR count). The second-order valence-corrected chi connectivity index (χ2v) is 9.23. The Morgan fingerprint density at radius 3 is 2.50 bits per heavy atom. The number of hydrogen-bond donors (Lipinski definition) is 0. The molecule has 0 unspecified atom stereocenters. The van der Waals surface area contributed by atoms with Crippen LogP contribution in [0.4, 0.5) is 0 Å². The van der Waals surface area contributed by atoms with Gasteiger partial charge in [-0.1, -0.05) is 55.3 Å². The first-order valence-electron chi connectivity index (χ1n) is 11.2. The summed E-state index contributed by atoms with van der Waals surface area (Å²) < 4.78 is 4.92. The Morgan fingerprint density at radius 1 is 0.833 bits per heavy atom. The SMILES string of the molecule is Cc1ccc2cccc3c2c1c1c2c(cc[n+]1C)c1cccc(C4CCCC4)c1n32. The van der Waals surface area contributed by atoms with E-state index in [2.05, 4.69) is 83.7 Å². The molecule has 1 fully saturated rings. The molecule has 30 heavy (non-hydrogen) atoms. The summed E-state index contributed by atoms with van der Waals surface area (Å²) in [5.74, 6) is 0.685. The molecule has 1 aliphatic rings. The van der Waals surface area contributed by atoms with Crippen molar-refractivity contribution in [2.75, 3.05) is 0 Å². The molecule has 3 heterocycles. The highest BCUT2D eigenvalue weighted by molar-refractivity contribution is 6.25. The van der Waals surface area contributed by atoms with Crippen LogP contribution >= 0.6 is 0 Å². The van der Waals surface area contributed by atoms with E-state index < -0.39 is 0 Å². The van der Waals surface area contributed by atoms with Gasteiger partial charge in [0.15, 0.2) is 6.20 Å². The van der Waals surface area contributed by atoms with E-state index in [4.69, 9.17) is 0 Å². The maximum atomic E-state index is 2.60. The molecule has 0 radical (unpaired) electrons. The molecule has 0 saturated heterocycles. The Kier molecular flexibility index (Phi) is 3.18. The van der Waals surface area contributed by atoms with E-state index in [1.54, 1.807) is 5.56 Å². The number of benzene rings is 3. The first kappa shape index (κ1) is 16.6. The Bertz CT molecular complexity index is 1610. The smallest absolute Gasteiger partial charge is 0.238 e. The first-order valence-corrected chi connectivity index (χ1v) is 11.2. The van der Waals surface area contributed by atoms with E-state index in [9.17, 15) is 0 Å². The lowest BCUT2D eigenvalue weighted by Crippen LogP contribution is -2.28. The van der Waals surface area contributed by atoms with E-state index >= 15 is 0 Å². The third kappa shape index (κ3) is 1.92. The van der Waals surface area contributed by atoms with Crippen LogP contribution < -0.4 is 4.57 Å². The van der Waals surface area contributed by atoms with Crippen molar-refractivity contribution in [3.63, 3.8) is 0 Å². The Hall–Kier alpha value is -3.13. The van der Waals surface area contributed by atoms with E-state index in [1.165, 1.54) is 80.2 Å². The van der Waals surface area contributed by atoms with Gasteiger partial charge in [0.05, 0.1) is 16.4 Å². The lowest BCUT2D eigenvalue weighted by molar-refractivity contribution is -0.644. The lowest BCUT2D eigenvalue weighted by Gasteiger charge is -2.15. The van der Waals surface area contributed by atoms with Crippen LogP contribution in [0.3, 0.4) is 0 Å². The van der Waals surface area contributed by atoms with Crippen LogP contribution in [0, 0.1) is 6.92 Å². The summed E-state index contributed by atoms with van der Waals surface area (Å²) in [6, 6.07) is 20.7. The van der Waals surface area contributed by atoms with Gasteiger partial charge in [-0.2, -0.15) is 4.57 Å². The van der Waals surface area contributed by atoms with Crippen molar-refractivity contribution in [2.45, 2.75) is 38.5 Å². The van der Waals surface area contributed by atoms with Crippen LogP contribution in [0.15, 0.2) is 60.8 Å². The Labute approximate surface area is 175 Å². The van der Waals surface area contributed by atoms with Crippen molar-refractivity contribution in [1.82, 2.24) is 4.40 Å². The molecular formula is C28H25N2+. The quantitative estimate of drug-likeness (QED) is 0.166. The monoisotopic (exact) mass is 389 g/mol. The largest absolute Gasteiger partial charge is 0.303 e. The number of para-hydroxylation sites is 1. The number of fused-ring (bicyclic) bond motifs is 5. The van der Waals surface area contributed by atoms with Crippen molar-refractivity contribution in [3.05, 3.63) is 71.9 Å². The fourth-order valence-corrected chi connectivity index (χ4v) is 6.28. The highest BCUT2D eigenvalue weighted by Crippen LogP contribution is 2.44. The molecule has 0 aliphatic heterocycles. The summed E-state index contributed by atoms with van der Waals surface area (Å²) in [7, 11) is 2.20. The van der Waals surface area contributed by atoms with Gasteiger partial charge in [-0.25, -0.2) is 0 Å². The number of aryl methyl sites for hydroxylation is 2. The minimum absolute atomic E-state index is 0.685. The van der Waals surface area contributed by atoms with Crippen molar-refractivity contribution in [1.29, 1.82) is 0 Å². The Balaban J connectivity index is 1.87. The maximum absolute atomic E-state index is 2.60. The first-order chi connectivity index (χ1) is 14.7. The zero-order valence-corrected chi connectivity index (χ0v) is 17.6. The maximum Gasteiger partial charge on any atom is 0.238 e. The molecule has 0 amide bonds. The number of pyridine rings is 2. The van der Waals surface area contributed by atoms with Gasteiger partial charge < -0.3 is 4.40 Å². The van der Waals surface area contributed by atoms with Crippen LogP contribution in [-0.4, -0.2) is 4.40 Å². The van der Waals surface area contributed by atoms with Crippen LogP contribution in [0.25, 0.3) is 49.0 Å². The lowest BCUT2D eigenvalue weighted by atomic mass is 9.95. The van der Waals surface area contributed by atoms with Gasteiger partial charge in [0.1, 0.15) is 12.6 Å². The van der Waals surface area contributed by atoms with Crippen molar-refractivity contribution in [3.8, 4) is 0 Å². The van der Waals surface area contributed by atoms with Gasteiger partial charge in [-0.15, -0.1) is 0 Å². The molecule has 1 aliphatic carbocycles. The van der Waals surface area contributed by atoms with Crippen LogP contribution in [-0.2, 0) is 7.05 Å². The zero-order valence-electron chi connectivity index (χ0n) is 17.6. The third-order valence-electron chi connectivity index (χ3n) is 7.61. The number of aromatic nitrogens is 2. The van der Waals surface area contributed by atoms with Crippen molar-refractivity contribution in [2.24, 2.45) is 7.05 Å². The normalized spacial score (nSPS) is 15.7. The predicted molar refractivity (Wildman–Crippen MR) is 126 cm³/mol. The average molecular weight is 390 g/mol. The summed E-state index contributed by atoms with van der Waals surface area (Å²) in [4.78, 5) is 0. The highest BCUT2D eigenvalue weighted by atomic mass is 15.0. The molecule has 0 atom stereocenters. The second kappa shape index (κ2) is 5.72. The fraction of sp³-hybridized carbons (Fsp3) is 0.250. The average Bonchev–Trinajstić information content (AvgIpc) is 3.41. The van der Waals surface area contributed by atoms with Gasteiger partial charge >= 0.3 is 0 Å². The van der Waals surface area contributed by atoms with Crippen LogP contribution in [0.2, 0.25) is 0 Å². The minimum Gasteiger partial charge on any atom is -0.303 e. The molecule has 3 aromatic heterocycles. The molecule has 146 valence electrons. The molecule has 2 nitrogen and oxygen atoms in total. The Morgan fingerprint density at radius 2 is 1.63 bits per heavy atom. The topological polar surface area (TPSA) is 8.29 Å². The van der Waals surface area contributed by atoms with Gasteiger partial charge in [0.25, 0.3) is 0 Å². The standard InChI is InChI=1S/C28H25N2/c1-17-13-14-19-9-5-12-23-25(19)24(17)28-27-22(15-16-29(28)2)21-11-6-10-20(26(21)30(23)27)18-7-3-4-8-18/h5-6,9-16,18H,3-4,7-8H2,1-2H3/q+1. The molecule has 0 spiro atoms. The molecule has 1 saturated carbocycles. The second-order valence-electron chi connectivity index (χ2n) is 9.23. The molecule has 2 heteroatoms. The van der Waals surface area contributed by atoms with E-state index in [1.807, 2.05) is 0 Å². The van der Waals surface area contributed by atoms with Gasteiger partial charge in [-0.05, 0) is 48.3 Å². The molecule has 0 N–H and O–H groups in total. The highest BCUT2D eigenvalue weighted by Gasteiger charge is 2.27. The van der Waals surface area contributed by atoms with Crippen LogP contribution in [0.5, 0.6) is 0 Å². The number of nitrogens with zero attached hydrogens (tertiary/aromatic N) is 2. The summed E-state index contributed by atoms with van der Waals surface area (Å²) in [5, 5.41) is 6.90. The molecule has 6 aromatic rings. The van der Waals surface area contributed by atoms with Crippen molar-refractivity contribution < 1.29 is 4.57 Å². The van der Waals surface area contributed by atoms with Crippen LogP contribution in [0.1, 0.15) is 42.7 Å². The van der Waals surface area contributed by atoms with Gasteiger partial charge in [0, 0.05) is 22.2 Å². The van der Waals surface area contributed by atoms with E-state index in [0.717, 1.165) is 0 Å². The van der Waals surface area contributed by atoms with Crippen molar-refractivity contribution >= 4 is 49.0 Å². The molecule has 3 aromatic carbocycles. The number of rotatable bonds is 1. The summed E-state index contributed by atoms with van der Waals surface area (Å²) in [5.41, 5.74) is 8.40. The molecular weight excluding hydrogens is 364 g/mol. The zero-order chi connectivity index (χ0) is 20.0. The minimum atomic E-state index is 0.685. The third-order valence-corrected chi connectivity index (χ3v) is 7.61. The fourth-order valence-electron chi connectivity index (χ4n) is 6.28. The predicted octanol–water partition coefficient (Wildman–Crippen LogP) is 6.78.